The van der Waals surface area contributed by atoms with E-state index in [1.54, 1.807) is 0 Å². The number of halogens is 1. The summed E-state index contributed by atoms with van der Waals surface area (Å²) in [6, 6.07) is 77.8. The highest BCUT2D eigenvalue weighted by Crippen LogP contribution is 2.57. The van der Waals surface area contributed by atoms with Gasteiger partial charge in [-0.3, -0.25) is 0 Å². The summed E-state index contributed by atoms with van der Waals surface area (Å²) in [6.45, 7) is 0. The lowest BCUT2D eigenvalue weighted by Crippen LogP contribution is -2.28. The summed E-state index contributed by atoms with van der Waals surface area (Å²) in [4.78, 5) is 2.43. The third kappa shape index (κ3) is 4.94. The lowest BCUT2D eigenvalue weighted by molar-refractivity contribution is 0.768. The molecular formula is C53H35BrN2. The van der Waals surface area contributed by atoms with Gasteiger partial charge in [-0.1, -0.05) is 174 Å². The van der Waals surface area contributed by atoms with Crippen molar-refractivity contribution in [2.75, 3.05) is 4.90 Å². The van der Waals surface area contributed by atoms with E-state index in [2.05, 4.69) is 238 Å². The van der Waals surface area contributed by atoms with Crippen molar-refractivity contribution < 1.29 is 0 Å². The molecule has 2 nitrogen and oxygen atoms in total. The average Bonchev–Trinajstić information content (AvgIpc) is 3.75. The van der Waals surface area contributed by atoms with Crippen molar-refractivity contribution in [1.82, 2.24) is 4.57 Å². The molecule has 0 unspecified atom stereocenters. The second kappa shape index (κ2) is 13.0. The Balaban J connectivity index is 1.19. The second-order valence-electron chi connectivity index (χ2n) is 14.7. The molecule has 0 atom stereocenters. The predicted octanol–water partition coefficient (Wildman–Crippen LogP) is 14.5. The Morgan fingerprint density at radius 1 is 0.393 bits per heavy atom. The Morgan fingerprint density at radius 2 is 0.946 bits per heavy atom. The first-order valence-electron chi connectivity index (χ1n) is 19.1. The lowest BCUT2D eigenvalue weighted by Gasteiger charge is -2.35. The van der Waals surface area contributed by atoms with Crippen molar-refractivity contribution in [1.29, 1.82) is 0 Å². The summed E-state index contributed by atoms with van der Waals surface area (Å²) >= 11 is 3.99. The highest BCUT2D eigenvalue weighted by Gasteiger charge is 2.46. The molecule has 0 spiro atoms. The Bertz CT molecular complexity index is 3020. The molecule has 0 N–H and O–H groups in total. The smallest absolute Gasteiger partial charge is 0.0714 e. The van der Waals surface area contributed by atoms with E-state index in [-0.39, 0.29) is 0 Å². The number of rotatable bonds is 6. The zero-order valence-corrected chi connectivity index (χ0v) is 32.1. The van der Waals surface area contributed by atoms with Gasteiger partial charge in [-0.05, 0) is 98.8 Å². The fraction of sp³-hybridized carbons (Fsp3) is 0.0189. The van der Waals surface area contributed by atoms with E-state index in [1.807, 2.05) is 0 Å². The standard InChI is InChI=1S/C53H35BrN2/c54-40-32-43(34-44(33-40)56-51-25-13-10-22-47(51)48-23-11-14-26-52(48)56)55(41-28-27-36-15-7-8-16-37(36)31-41)42-29-30-46-45-21-9-12-24-49(45)53(50(46)35-42,38-17-3-1-4-18-38)39-19-5-2-6-20-39/h1-35H. The predicted molar refractivity (Wildman–Crippen MR) is 238 cm³/mol. The van der Waals surface area contributed by atoms with Gasteiger partial charge in [0.15, 0.2) is 0 Å². The van der Waals surface area contributed by atoms with Gasteiger partial charge in [-0.25, -0.2) is 0 Å². The number of hydrogen-bond donors (Lipinski definition) is 0. The summed E-state index contributed by atoms with van der Waals surface area (Å²) in [5, 5.41) is 4.90. The van der Waals surface area contributed by atoms with Gasteiger partial charge in [-0.2, -0.15) is 0 Å². The van der Waals surface area contributed by atoms with Gasteiger partial charge < -0.3 is 9.47 Å². The fourth-order valence-electron chi connectivity index (χ4n) is 9.35. The molecule has 1 heterocycles. The molecule has 0 aliphatic heterocycles. The molecule has 264 valence electrons. The molecule has 3 heteroatoms. The molecule has 0 saturated heterocycles. The van der Waals surface area contributed by atoms with E-state index >= 15 is 0 Å². The van der Waals surface area contributed by atoms with Gasteiger partial charge in [0.05, 0.1) is 16.4 Å². The lowest BCUT2D eigenvalue weighted by atomic mass is 9.67. The number of benzene rings is 9. The van der Waals surface area contributed by atoms with Gasteiger partial charge in [0.25, 0.3) is 0 Å². The van der Waals surface area contributed by atoms with Crippen molar-refractivity contribution in [3.8, 4) is 16.8 Å². The van der Waals surface area contributed by atoms with Crippen LogP contribution in [0.2, 0.25) is 0 Å². The first-order valence-corrected chi connectivity index (χ1v) is 19.9. The largest absolute Gasteiger partial charge is 0.310 e. The first kappa shape index (κ1) is 32.7. The molecule has 0 amide bonds. The van der Waals surface area contributed by atoms with Crippen LogP contribution in [0.5, 0.6) is 0 Å². The zero-order valence-electron chi connectivity index (χ0n) is 30.5. The average molecular weight is 780 g/mol. The van der Waals surface area contributed by atoms with E-state index < -0.39 is 5.41 Å². The van der Waals surface area contributed by atoms with Crippen LogP contribution >= 0.6 is 15.9 Å². The summed E-state index contributed by atoms with van der Waals surface area (Å²) in [5.41, 5.74) is 13.8. The van der Waals surface area contributed by atoms with Crippen LogP contribution < -0.4 is 4.90 Å². The maximum atomic E-state index is 3.99. The van der Waals surface area contributed by atoms with Gasteiger partial charge in [0, 0.05) is 38.0 Å². The molecule has 56 heavy (non-hydrogen) atoms. The van der Waals surface area contributed by atoms with Crippen LogP contribution in [0.4, 0.5) is 17.1 Å². The molecule has 1 aliphatic carbocycles. The van der Waals surface area contributed by atoms with E-state index in [4.69, 9.17) is 0 Å². The molecule has 0 saturated carbocycles. The highest BCUT2D eigenvalue weighted by atomic mass is 79.9. The topological polar surface area (TPSA) is 8.17 Å². The van der Waals surface area contributed by atoms with Crippen LogP contribution in [-0.2, 0) is 5.41 Å². The van der Waals surface area contributed by atoms with Crippen LogP contribution in [-0.4, -0.2) is 4.57 Å². The van der Waals surface area contributed by atoms with Crippen molar-refractivity contribution in [3.63, 3.8) is 0 Å². The monoisotopic (exact) mass is 778 g/mol. The normalized spacial score (nSPS) is 12.9. The molecule has 0 radical (unpaired) electrons. The molecule has 10 aromatic rings. The number of nitrogens with zero attached hydrogens (tertiary/aromatic N) is 2. The minimum atomic E-state index is -0.509. The number of aromatic nitrogens is 1. The summed E-state index contributed by atoms with van der Waals surface area (Å²) < 4.78 is 3.40. The zero-order chi connectivity index (χ0) is 37.2. The van der Waals surface area contributed by atoms with Crippen LogP contribution in [0.1, 0.15) is 22.3 Å². The first-order chi connectivity index (χ1) is 27.7. The highest BCUT2D eigenvalue weighted by molar-refractivity contribution is 9.10. The molecular weight excluding hydrogens is 745 g/mol. The second-order valence-corrected chi connectivity index (χ2v) is 15.6. The molecule has 0 bridgehead atoms. The SMILES string of the molecule is Brc1cc(N(c2ccc3c(c2)C(c2ccccc2)(c2ccccc2)c2ccccc2-3)c2ccc3ccccc3c2)cc(-n2c3ccccc3c3ccccc32)c1. The van der Waals surface area contributed by atoms with E-state index in [1.165, 1.54) is 66.0 Å². The molecule has 1 aromatic heterocycles. The van der Waals surface area contributed by atoms with Gasteiger partial charge in [-0.15, -0.1) is 0 Å². The molecule has 11 rings (SSSR count). The molecule has 1 aliphatic rings. The summed E-state index contributed by atoms with van der Waals surface area (Å²) in [7, 11) is 0. The van der Waals surface area contributed by atoms with Crippen molar-refractivity contribution >= 4 is 65.6 Å². The third-order valence-corrected chi connectivity index (χ3v) is 12.1. The number of hydrogen-bond acceptors (Lipinski definition) is 1. The number of para-hydroxylation sites is 2. The van der Waals surface area contributed by atoms with Crippen molar-refractivity contribution in [2.45, 2.75) is 5.41 Å². The Labute approximate surface area is 334 Å². The third-order valence-electron chi connectivity index (χ3n) is 11.7. The van der Waals surface area contributed by atoms with Gasteiger partial charge in [0.1, 0.15) is 0 Å². The quantitative estimate of drug-likeness (QED) is 0.163. The van der Waals surface area contributed by atoms with E-state index in [0.717, 1.165) is 27.2 Å². The van der Waals surface area contributed by atoms with Gasteiger partial charge >= 0.3 is 0 Å². The molecule has 0 fully saturated rings. The number of anilines is 3. The number of fused-ring (bicyclic) bond motifs is 7. The summed E-state index contributed by atoms with van der Waals surface area (Å²) in [6.07, 6.45) is 0. The minimum absolute atomic E-state index is 0.509. The van der Waals surface area contributed by atoms with Gasteiger partial charge in [0.2, 0.25) is 0 Å². The Kier molecular flexibility index (Phi) is 7.58. The van der Waals surface area contributed by atoms with E-state index in [0.29, 0.717) is 0 Å². The Hall–Kier alpha value is -6.68. The minimum Gasteiger partial charge on any atom is -0.310 e. The van der Waals surface area contributed by atoms with Crippen molar-refractivity contribution in [3.05, 3.63) is 239 Å². The van der Waals surface area contributed by atoms with Crippen LogP contribution in [0.15, 0.2) is 217 Å². The maximum Gasteiger partial charge on any atom is 0.0714 e. The van der Waals surface area contributed by atoms with Crippen LogP contribution in [0, 0.1) is 0 Å². The fourth-order valence-corrected chi connectivity index (χ4v) is 9.82. The van der Waals surface area contributed by atoms with Crippen LogP contribution in [0.3, 0.4) is 0 Å². The molecule has 9 aromatic carbocycles. The van der Waals surface area contributed by atoms with Crippen molar-refractivity contribution in [2.24, 2.45) is 0 Å². The van der Waals surface area contributed by atoms with Crippen LogP contribution in [0.25, 0.3) is 49.4 Å². The summed E-state index contributed by atoms with van der Waals surface area (Å²) in [5.74, 6) is 0. The maximum absolute atomic E-state index is 3.99. The Morgan fingerprint density at radius 3 is 1.66 bits per heavy atom. The van der Waals surface area contributed by atoms with E-state index in [9.17, 15) is 0 Å².